The normalized spacial score (nSPS) is 35.3. The van der Waals surface area contributed by atoms with Crippen LogP contribution in [-0.4, -0.2) is 35.2 Å². The molecule has 114 valence electrons. The minimum absolute atomic E-state index is 0.0331. The van der Waals surface area contributed by atoms with Gasteiger partial charge in [0.25, 0.3) is 0 Å². The van der Waals surface area contributed by atoms with Crippen LogP contribution in [-0.2, 0) is 14.3 Å². The van der Waals surface area contributed by atoms with Crippen molar-refractivity contribution in [2.24, 2.45) is 11.8 Å². The van der Waals surface area contributed by atoms with Crippen LogP contribution in [0, 0.1) is 17.7 Å². The molecule has 0 aromatic heterocycles. The first-order valence-electron chi connectivity index (χ1n) is 6.79. The first-order valence-corrected chi connectivity index (χ1v) is 7.17. The highest BCUT2D eigenvalue weighted by Gasteiger charge is 2.67. The number of ether oxygens (including phenoxy) is 1. The lowest BCUT2D eigenvalue weighted by Crippen LogP contribution is -2.39. The molecule has 1 amide bonds. The second kappa shape index (κ2) is 4.30. The molecular formula is C15H11ClFNO4. The zero-order valence-electron chi connectivity index (χ0n) is 11.2. The standard InChI is InChI=1S/C15H11ClFNO4/c16-8-2-1-7(5-9(8)17)18-6-15-4-3-10(22-15)11(14(20)21)12(15)13(18)19/h1-5,10-12H,6H2,(H,20,21)/t10-,11-,12+,15-/m0/s1. The number of hydrogen-bond acceptors (Lipinski definition) is 3. The van der Waals surface area contributed by atoms with Crippen molar-refractivity contribution < 1.29 is 23.8 Å². The molecule has 3 aliphatic heterocycles. The Balaban J connectivity index is 1.74. The number of anilines is 1. The maximum Gasteiger partial charge on any atom is 0.310 e. The van der Waals surface area contributed by atoms with Gasteiger partial charge in [0.1, 0.15) is 17.3 Å². The van der Waals surface area contributed by atoms with Crippen molar-refractivity contribution in [2.75, 3.05) is 11.4 Å². The zero-order valence-corrected chi connectivity index (χ0v) is 12.0. The number of carboxylic acids is 1. The van der Waals surface area contributed by atoms with Crippen LogP contribution in [0.4, 0.5) is 10.1 Å². The van der Waals surface area contributed by atoms with Crippen molar-refractivity contribution in [2.45, 2.75) is 11.7 Å². The molecule has 3 aliphatic rings. The Kier molecular flexibility index (Phi) is 2.68. The summed E-state index contributed by atoms with van der Waals surface area (Å²) in [7, 11) is 0. The van der Waals surface area contributed by atoms with Gasteiger partial charge >= 0.3 is 5.97 Å². The number of aliphatic carboxylic acids is 1. The van der Waals surface area contributed by atoms with E-state index in [1.807, 2.05) is 0 Å². The topological polar surface area (TPSA) is 66.8 Å². The van der Waals surface area contributed by atoms with Crippen LogP contribution in [0.25, 0.3) is 0 Å². The van der Waals surface area contributed by atoms with Crippen LogP contribution in [0.15, 0.2) is 30.4 Å². The quantitative estimate of drug-likeness (QED) is 0.844. The maximum absolute atomic E-state index is 13.6. The highest BCUT2D eigenvalue weighted by molar-refractivity contribution is 6.30. The second-order valence-corrected chi connectivity index (χ2v) is 6.17. The van der Waals surface area contributed by atoms with Crippen LogP contribution >= 0.6 is 11.6 Å². The van der Waals surface area contributed by atoms with Gasteiger partial charge in [-0.2, -0.15) is 0 Å². The van der Waals surface area contributed by atoms with Crippen molar-refractivity contribution in [1.29, 1.82) is 0 Å². The average molecular weight is 324 g/mol. The Morgan fingerprint density at radius 2 is 2.27 bits per heavy atom. The Morgan fingerprint density at radius 3 is 2.95 bits per heavy atom. The van der Waals surface area contributed by atoms with Gasteiger partial charge in [0.05, 0.1) is 23.6 Å². The van der Waals surface area contributed by atoms with Gasteiger partial charge in [-0.1, -0.05) is 23.8 Å². The molecule has 7 heteroatoms. The molecule has 0 saturated carbocycles. The largest absolute Gasteiger partial charge is 0.481 e. The Labute approximate surface area is 129 Å². The molecule has 0 unspecified atom stereocenters. The predicted molar refractivity (Wildman–Crippen MR) is 75.1 cm³/mol. The zero-order chi connectivity index (χ0) is 15.6. The monoisotopic (exact) mass is 323 g/mol. The van der Waals surface area contributed by atoms with E-state index in [9.17, 15) is 19.1 Å². The summed E-state index contributed by atoms with van der Waals surface area (Å²) in [6.45, 7) is 0.175. The van der Waals surface area contributed by atoms with E-state index in [0.29, 0.717) is 5.69 Å². The molecule has 2 fully saturated rings. The fourth-order valence-electron chi connectivity index (χ4n) is 3.65. The van der Waals surface area contributed by atoms with Crippen molar-refractivity contribution in [3.05, 3.63) is 41.2 Å². The number of hydrogen-bond donors (Lipinski definition) is 1. The number of amides is 1. The maximum atomic E-state index is 13.6. The van der Waals surface area contributed by atoms with Gasteiger partial charge in [0, 0.05) is 5.69 Å². The van der Waals surface area contributed by atoms with E-state index in [1.165, 1.54) is 23.1 Å². The molecule has 0 radical (unpaired) electrons. The van der Waals surface area contributed by atoms with Crippen LogP contribution in [0.3, 0.4) is 0 Å². The van der Waals surface area contributed by atoms with Gasteiger partial charge in [-0.05, 0) is 18.2 Å². The first-order chi connectivity index (χ1) is 10.4. The van der Waals surface area contributed by atoms with Gasteiger partial charge in [0.15, 0.2) is 0 Å². The molecule has 1 aromatic carbocycles. The fraction of sp³-hybridized carbons (Fsp3) is 0.333. The van der Waals surface area contributed by atoms with Crippen LogP contribution in [0.2, 0.25) is 5.02 Å². The van der Waals surface area contributed by atoms with E-state index in [0.717, 1.165) is 0 Å². The van der Waals surface area contributed by atoms with Gasteiger partial charge in [0.2, 0.25) is 5.91 Å². The van der Waals surface area contributed by atoms with Gasteiger partial charge < -0.3 is 14.7 Å². The summed E-state index contributed by atoms with van der Waals surface area (Å²) in [6, 6.07) is 4.07. The number of rotatable bonds is 2. The van der Waals surface area contributed by atoms with E-state index < -0.39 is 35.3 Å². The molecule has 1 N–H and O–H groups in total. The molecule has 2 saturated heterocycles. The van der Waals surface area contributed by atoms with Crippen LogP contribution in [0.1, 0.15) is 0 Å². The summed E-state index contributed by atoms with van der Waals surface area (Å²) < 4.78 is 19.4. The lowest BCUT2D eigenvalue weighted by Gasteiger charge is -2.21. The predicted octanol–water partition coefficient (Wildman–Crippen LogP) is 1.85. The van der Waals surface area contributed by atoms with E-state index in [2.05, 4.69) is 0 Å². The third-order valence-electron chi connectivity index (χ3n) is 4.60. The van der Waals surface area contributed by atoms with Crippen molar-refractivity contribution in [3.8, 4) is 0 Å². The lowest BCUT2D eigenvalue weighted by atomic mass is 9.77. The van der Waals surface area contributed by atoms with E-state index in [-0.39, 0.29) is 17.5 Å². The van der Waals surface area contributed by atoms with Gasteiger partial charge in [-0.25, -0.2) is 4.39 Å². The molecule has 22 heavy (non-hydrogen) atoms. The number of carbonyl (C=O) groups is 2. The number of benzene rings is 1. The smallest absolute Gasteiger partial charge is 0.310 e. The molecular weight excluding hydrogens is 313 g/mol. The number of carbonyl (C=O) groups excluding carboxylic acids is 1. The second-order valence-electron chi connectivity index (χ2n) is 5.76. The third kappa shape index (κ3) is 1.62. The molecule has 4 rings (SSSR count). The van der Waals surface area contributed by atoms with Crippen LogP contribution in [0.5, 0.6) is 0 Å². The van der Waals surface area contributed by atoms with E-state index in [1.54, 1.807) is 12.2 Å². The number of halogens is 2. The summed E-state index contributed by atoms with van der Waals surface area (Å²) in [6.07, 6.45) is 2.87. The molecule has 2 bridgehead atoms. The summed E-state index contributed by atoms with van der Waals surface area (Å²) in [5.41, 5.74) is -0.582. The van der Waals surface area contributed by atoms with E-state index >= 15 is 0 Å². The molecule has 1 aromatic rings. The fourth-order valence-corrected chi connectivity index (χ4v) is 3.77. The minimum Gasteiger partial charge on any atom is -0.481 e. The Bertz CT molecular complexity index is 736. The highest BCUT2D eigenvalue weighted by atomic mass is 35.5. The molecule has 4 atom stereocenters. The number of nitrogens with zero attached hydrogens (tertiary/aromatic N) is 1. The van der Waals surface area contributed by atoms with Crippen molar-refractivity contribution in [1.82, 2.24) is 0 Å². The summed E-state index contributed by atoms with van der Waals surface area (Å²) in [5, 5.41) is 9.34. The Morgan fingerprint density at radius 1 is 1.50 bits per heavy atom. The number of carboxylic acid groups (broad SMARTS) is 1. The summed E-state index contributed by atoms with van der Waals surface area (Å²) in [5.74, 6) is -3.73. The van der Waals surface area contributed by atoms with Crippen molar-refractivity contribution >= 4 is 29.2 Å². The lowest BCUT2D eigenvalue weighted by molar-refractivity contribution is -0.146. The SMILES string of the molecule is O=C(O)[C@H]1[C@@H]2C=C[C@@]3(CN(c4ccc(Cl)c(F)c4)C(=O)[C@@H]13)O2. The minimum atomic E-state index is -1.06. The van der Waals surface area contributed by atoms with Crippen molar-refractivity contribution in [3.63, 3.8) is 0 Å². The third-order valence-corrected chi connectivity index (χ3v) is 4.91. The van der Waals surface area contributed by atoms with E-state index in [4.69, 9.17) is 16.3 Å². The first kappa shape index (κ1) is 13.7. The molecule has 0 aliphatic carbocycles. The molecule has 5 nitrogen and oxygen atoms in total. The Hall–Kier alpha value is -1.92. The summed E-state index contributed by atoms with van der Waals surface area (Å²) in [4.78, 5) is 25.5. The highest BCUT2D eigenvalue weighted by Crippen LogP contribution is 2.52. The average Bonchev–Trinajstić information content (AvgIpc) is 3.10. The molecule has 3 heterocycles. The van der Waals surface area contributed by atoms with Gasteiger partial charge in [-0.15, -0.1) is 0 Å². The van der Waals surface area contributed by atoms with Gasteiger partial charge in [-0.3, -0.25) is 9.59 Å². The van der Waals surface area contributed by atoms with Crippen LogP contribution < -0.4 is 4.90 Å². The number of fused-ring (bicyclic) bond motifs is 1. The summed E-state index contributed by atoms with van der Waals surface area (Å²) >= 11 is 5.65. The molecule has 1 spiro atoms.